The van der Waals surface area contributed by atoms with Gasteiger partial charge < -0.3 is 20.1 Å². The molecule has 0 atom stereocenters. The molecule has 2 rings (SSSR count). The molecule has 2 amide bonds. The summed E-state index contributed by atoms with van der Waals surface area (Å²) in [6, 6.07) is 10.8. The zero-order valence-corrected chi connectivity index (χ0v) is 14.6. The number of carbonyl (C=O) groups is 2. The van der Waals surface area contributed by atoms with Crippen LogP contribution in [0.25, 0.3) is 0 Å². The molecule has 0 radical (unpaired) electrons. The third-order valence-corrected chi connectivity index (χ3v) is 3.09. The highest BCUT2D eigenvalue weighted by molar-refractivity contribution is 5.68. The maximum atomic E-state index is 11.5. The average Bonchev–Trinajstić information content (AvgIpc) is 2.54. The van der Waals surface area contributed by atoms with Crippen molar-refractivity contribution >= 4 is 12.2 Å². The Hall–Kier alpha value is -2.42. The molecular weight excluding hydrogens is 308 g/mol. The first-order valence-corrected chi connectivity index (χ1v) is 8.05. The predicted octanol–water partition coefficient (Wildman–Crippen LogP) is 3.29. The Morgan fingerprint density at radius 3 is 2.42 bits per heavy atom. The van der Waals surface area contributed by atoms with Gasteiger partial charge in [-0.3, -0.25) is 0 Å². The predicted molar refractivity (Wildman–Crippen MR) is 90.1 cm³/mol. The van der Waals surface area contributed by atoms with Crippen LogP contribution in [0.5, 0.6) is 0 Å². The zero-order valence-electron chi connectivity index (χ0n) is 14.6. The van der Waals surface area contributed by atoms with Gasteiger partial charge >= 0.3 is 12.2 Å². The molecule has 1 aromatic carbocycles. The summed E-state index contributed by atoms with van der Waals surface area (Å²) in [6.07, 6.45) is 2.52. The van der Waals surface area contributed by atoms with E-state index in [9.17, 15) is 9.59 Å². The monoisotopic (exact) mass is 334 g/mol. The molecule has 0 aromatic heterocycles. The number of nitrogens with two attached hydrogens (primary N) is 1. The summed E-state index contributed by atoms with van der Waals surface area (Å²) in [7, 11) is 0. The van der Waals surface area contributed by atoms with E-state index in [-0.39, 0.29) is 18.3 Å². The van der Waals surface area contributed by atoms with Crippen molar-refractivity contribution in [3.63, 3.8) is 0 Å². The molecule has 1 saturated heterocycles. The third kappa shape index (κ3) is 8.89. The van der Waals surface area contributed by atoms with Crippen molar-refractivity contribution in [2.75, 3.05) is 13.1 Å². The Balaban J connectivity index is 0.000000243. The lowest BCUT2D eigenvalue weighted by molar-refractivity contribution is 0.0216. The van der Waals surface area contributed by atoms with Gasteiger partial charge in [-0.1, -0.05) is 18.2 Å². The molecule has 24 heavy (non-hydrogen) atoms. The lowest BCUT2D eigenvalue weighted by Crippen LogP contribution is -2.39. The van der Waals surface area contributed by atoms with Gasteiger partial charge in [0.15, 0.2) is 0 Å². The quantitative estimate of drug-likeness (QED) is 0.900. The van der Waals surface area contributed by atoms with E-state index in [4.69, 9.17) is 10.5 Å². The van der Waals surface area contributed by atoms with Crippen molar-refractivity contribution in [2.24, 2.45) is 5.73 Å². The second-order valence-electron chi connectivity index (χ2n) is 6.46. The Labute approximate surface area is 143 Å². The highest BCUT2D eigenvalue weighted by Gasteiger charge is 2.22. The first-order valence-electron chi connectivity index (χ1n) is 8.05. The Bertz CT molecular complexity index is 506. The van der Waals surface area contributed by atoms with Crippen LogP contribution in [-0.2, 0) is 16.1 Å². The smallest absolute Gasteiger partial charge is 0.410 e. The van der Waals surface area contributed by atoms with E-state index in [1.54, 1.807) is 23.1 Å². The lowest BCUT2D eigenvalue weighted by atomic mass is 10.1. The Morgan fingerprint density at radius 1 is 1.25 bits per heavy atom. The number of primary amides is 1. The number of amides is 2. The molecule has 6 heteroatoms. The van der Waals surface area contributed by atoms with Crippen LogP contribution in [0.3, 0.4) is 0 Å². The number of carbonyl (C=O) groups excluding carboxylic acids is 2. The van der Waals surface area contributed by atoms with E-state index >= 15 is 0 Å². The van der Waals surface area contributed by atoms with Gasteiger partial charge in [-0.25, -0.2) is 9.59 Å². The van der Waals surface area contributed by atoms with Gasteiger partial charge in [-0.2, -0.15) is 0 Å². The summed E-state index contributed by atoms with van der Waals surface area (Å²) in [4.78, 5) is 23.5. The summed E-state index contributed by atoms with van der Waals surface area (Å²) in [5, 5.41) is 0. The molecule has 0 saturated carbocycles. The number of hydrogen-bond acceptors (Lipinski definition) is 4. The number of ether oxygens (including phenoxy) is 2. The molecule has 6 nitrogen and oxygen atoms in total. The topological polar surface area (TPSA) is 81.9 Å². The minimum absolute atomic E-state index is 0.159. The van der Waals surface area contributed by atoms with Crippen molar-refractivity contribution in [2.45, 2.75) is 52.2 Å². The van der Waals surface area contributed by atoms with E-state index in [1.165, 1.54) is 6.42 Å². The first-order chi connectivity index (χ1) is 11.3. The Kier molecular flexibility index (Phi) is 7.90. The van der Waals surface area contributed by atoms with Crippen molar-refractivity contribution in [1.82, 2.24) is 4.90 Å². The van der Waals surface area contributed by atoms with E-state index in [1.807, 2.05) is 20.8 Å². The fourth-order valence-corrected chi connectivity index (χ4v) is 2.02. The van der Waals surface area contributed by atoms with Crippen LogP contribution in [0.4, 0.5) is 9.59 Å². The molecule has 1 heterocycles. The van der Waals surface area contributed by atoms with E-state index in [0.717, 1.165) is 31.5 Å². The third-order valence-electron chi connectivity index (χ3n) is 3.09. The summed E-state index contributed by atoms with van der Waals surface area (Å²) in [5.74, 6) is 0. The van der Waals surface area contributed by atoms with Gasteiger partial charge in [0.05, 0.1) is 0 Å². The van der Waals surface area contributed by atoms with Gasteiger partial charge in [0.25, 0.3) is 0 Å². The number of nitrogens with zero attached hydrogens (tertiary/aromatic N) is 1. The highest BCUT2D eigenvalue weighted by atomic mass is 16.6. The number of piperidine rings is 1. The second kappa shape index (κ2) is 9.66. The van der Waals surface area contributed by atoms with Crippen LogP contribution >= 0.6 is 0 Å². The summed E-state index contributed by atoms with van der Waals surface area (Å²) < 4.78 is 9.78. The molecule has 0 aliphatic carbocycles. The first kappa shape index (κ1) is 19.6. The van der Waals surface area contributed by atoms with Crippen molar-refractivity contribution in [1.29, 1.82) is 0 Å². The molecule has 1 aliphatic rings. The maximum absolute atomic E-state index is 11.5. The summed E-state index contributed by atoms with van der Waals surface area (Å²) >= 11 is 0. The molecule has 1 aliphatic heterocycles. The number of hydrogen-bond donors (Lipinski definition) is 1. The normalized spacial score (nSPS) is 13.9. The van der Waals surface area contributed by atoms with Crippen molar-refractivity contribution < 1.29 is 19.1 Å². The largest absolute Gasteiger partial charge is 0.444 e. The minimum atomic E-state index is -0.776. The average molecular weight is 334 g/mol. The highest BCUT2D eigenvalue weighted by Crippen LogP contribution is 2.14. The zero-order chi connectivity index (χ0) is 18.0. The summed E-state index contributed by atoms with van der Waals surface area (Å²) in [6.45, 7) is 7.56. The van der Waals surface area contributed by atoms with Gasteiger partial charge in [0, 0.05) is 18.7 Å². The van der Waals surface area contributed by atoms with E-state index in [0.29, 0.717) is 0 Å². The molecular formula is C18H26N2O4. The van der Waals surface area contributed by atoms with Crippen LogP contribution in [-0.4, -0.2) is 35.8 Å². The van der Waals surface area contributed by atoms with E-state index < -0.39 is 6.09 Å². The Morgan fingerprint density at radius 2 is 1.92 bits per heavy atom. The molecule has 2 N–H and O–H groups in total. The van der Waals surface area contributed by atoms with Crippen LogP contribution < -0.4 is 5.73 Å². The van der Waals surface area contributed by atoms with Gasteiger partial charge in [-0.05, 0) is 52.2 Å². The lowest BCUT2D eigenvalue weighted by Gasteiger charge is -2.29. The fourth-order valence-electron chi connectivity index (χ4n) is 2.02. The maximum Gasteiger partial charge on any atom is 0.410 e. The minimum Gasteiger partial charge on any atom is -0.444 e. The SMILES string of the molecule is CC(C)(C)OC(=O)N1CCCCC1.NC(=O)OCc1c#cccc1. The van der Waals surface area contributed by atoms with Crippen molar-refractivity contribution in [3.05, 3.63) is 35.9 Å². The molecule has 0 spiro atoms. The molecule has 0 bridgehead atoms. The van der Waals surface area contributed by atoms with Crippen LogP contribution in [0.1, 0.15) is 45.6 Å². The molecule has 132 valence electrons. The van der Waals surface area contributed by atoms with Crippen LogP contribution in [0.2, 0.25) is 0 Å². The fraction of sp³-hybridized carbons (Fsp3) is 0.556. The van der Waals surface area contributed by atoms with Gasteiger partial charge in [-0.15, -0.1) is 0 Å². The molecule has 0 unspecified atom stereocenters. The molecule has 1 fully saturated rings. The van der Waals surface area contributed by atoms with Crippen LogP contribution in [0, 0.1) is 12.1 Å². The molecule has 1 aromatic rings. The van der Waals surface area contributed by atoms with Crippen LogP contribution in [0.15, 0.2) is 18.2 Å². The van der Waals surface area contributed by atoms with Gasteiger partial charge in [0.1, 0.15) is 12.2 Å². The van der Waals surface area contributed by atoms with Gasteiger partial charge in [0.2, 0.25) is 0 Å². The summed E-state index contributed by atoms with van der Waals surface area (Å²) in [5.41, 5.74) is 5.14. The second-order valence-corrected chi connectivity index (χ2v) is 6.46. The number of likely N-dealkylation sites (tertiary alicyclic amines) is 1. The van der Waals surface area contributed by atoms with Crippen molar-refractivity contribution in [3.8, 4) is 0 Å². The van der Waals surface area contributed by atoms with E-state index in [2.05, 4.69) is 16.9 Å². The number of rotatable bonds is 2. The standard InChI is InChI=1S/C10H19NO2.C8H7NO2/c1-10(2,3)13-9(12)11-7-5-4-6-8-11;9-8(10)11-6-7-4-2-1-3-5-7/h4-8H2,1-3H3;1-2,4H,6H2,(H2,9,10).